The van der Waals surface area contributed by atoms with Crippen molar-refractivity contribution in [1.82, 2.24) is 19.8 Å². The lowest BCUT2D eigenvalue weighted by Crippen LogP contribution is -2.51. The Morgan fingerprint density at radius 3 is 2.30 bits per heavy atom. The molecule has 0 radical (unpaired) electrons. The van der Waals surface area contributed by atoms with E-state index in [4.69, 9.17) is 14.5 Å². The van der Waals surface area contributed by atoms with Crippen LogP contribution in [0.3, 0.4) is 0 Å². The van der Waals surface area contributed by atoms with Gasteiger partial charge in [-0.05, 0) is 63.1 Å². The molecule has 9 heteroatoms. The van der Waals surface area contributed by atoms with Crippen LogP contribution >= 0.6 is 0 Å². The van der Waals surface area contributed by atoms with Gasteiger partial charge >= 0.3 is 6.03 Å². The highest BCUT2D eigenvalue weighted by Gasteiger charge is 2.23. The van der Waals surface area contributed by atoms with Crippen molar-refractivity contribution in [2.75, 3.05) is 32.6 Å². The molecule has 0 fully saturated rings. The lowest BCUT2D eigenvalue weighted by Gasteiger charge is -2.29. The second-order valence-electron chi connectivity index (χ2n) is 10.3. The lowest BCUT2D eigenvalue weighted by molar-refractivity contribution is -0.116. The Bertz CT molecular complexity index is 1210. The molecule has 1 heterocycles. The molecule has 3 rings (SSSR count). The fourth-order valence-electron chi connectivity index (χ4n) is 3.73. The van der Waals surface area contributed by atoms with Gasteiger partial charge in [0.2, 0.25) is 11.9 Å². The Morgan fingerprint density at radius 2 is 1.70 bits per heavy atom. The SMILES string of the molecule is COc1ccc(-n2cc(-c3cccc(OC)c3)nc2NC(=O)CN(CC(C)C)C(=O)NC(C)(C)C)cc1. The Labute approximate surface area is 218 Å². The van der Waals surface area contributed by atoms with Crippen molar-refractivity contribution in [3.05, 3.63) is 54.7 Å². The molecule has 0 aliphatic rings. The number of urea groups is 1. The monoisotopic (exact) mass is 507 g/mol. The van der Waals surface area contributed by atoms with E-state index in [0.717, 1.165) is 17.0 Å². The smallest absolute Gasteiger partial charge is 0.318 e. The number of anilines is 1. The number of carbonyl (C=O) groups is 2. The van der Waals surface area contributed by atoms with Gasteiger partial charge in [0.1, 0.15) is 18.0 Å². The molecule has 9 nitrogen and oxygen atoms in total. The van der Waals surface area contributed by atoms with Crippen LogP contribution in [0.5, 0.6) is 11.5 Å². The van der Waals surface area contributed by atoms with Crippen molar-refractivity contribution in [2.24, 2.45) is 5.92 Å². The topological polar surface area (TPSA) is 97.7 Å². The molecule has 2 N–H and O–H groups in total. The fourth-order valence-corrected chi connectivity index (χ4v) is 3.73. The highest BCUT2D eigenvalue weighted by molar-refractivity contribution is 5.93. The number of aromatic nitrogens is 2. The third kappa shape index (κ3) is 7.73. The molecule has 0 bridgehead atoms. The minimum atomic E-state index is -0.418. The van der Waals surface area contributed by atoms with Crippen molar-refractivity contribution >= 4 is 17.9 Å². The van der Waals surface area contributed by atoms with E-state index in [9.17, 15) is 9.59 Å². The Hall–Kier alpha value is -4.01. The Balaban J connectivity index is 1.92. The summed E-state index contributed by atoms with van der Waals surface area (Å²) in [6, 6.07) is 14.7. The van der Waals surface area contributed by atoms with Gasteiger partial charge in [-0.3, -0.25) is 14.7 Å². The van der Waals surface area contributed by atoms with E-state index < -0.39 is 5.54 Å². The number of hydrogen-bond donors (Lipinski definition) is 2. The van der Waals surface area contributed by atoms with Gasteiger partial charge in [-0.1, -0.05) is 26.0 Å². The quantitative estimate of drug-likeness (QED) is 0.427. The molecular formula is C28H37N5O4. The van der Waals surface area contributed by atoms with E-state index in [1.54, 1.807) is 18.8 Å². The first kappa shape index (κ1) is 27.6. The van der Waals surface area contributed by atoms with E-state index in [0.29, 0.717) is 23.9 Å². The zero-order chi connectivity index (χ0) is 27.2. The van der Waals surface area contributed by atoms with Gasteiger partial charge < -0.3 is 19.7 Å². The maximum Gasteiger partial charge on any atom is 0.318 e. The van der Waals surface area contributed by atoms with Crippen LogP contribution in [0.15, 0.2) is 54.7 Å². The predicted molar refractivity (Wildman–Crippen MR) is 145 cm³/mol. The summed E-state index contributed by atoms with van der Waals surface area (Å²) in [5.74, 6) is 1.61. The van der Waals surface area contributed by atoms with Gasteiger partial charge in [0.25, 0.3) is 0 Å². The summed E-state index contributed by atoms with van der Waals surface area (Å²) >= 11 is 0. The van der Waals surface area contributed by atoms with Crippen LogP contribution in [0.1, 0.15) is 34.6 Å². The molecule has 198 valence electrons. The highest BCUT2D eigenvalue weighted by atomic mass is 16.5. The zero-order valence-corrected chi connectivity index (χ0v) is 22.7. The molecule has 3 aromatic rings. The first-order chi connectivity index (χ1) is 17.5. The van der Waals surface area contributed by atoms with Crippen molar-refractivity contribution in [1.29, 1.82) is 0 Å². The Kier molecular flexibility index (Phi) is 8.81. The summed E-state index contributed by atoms with van der Waals surface area (Å²) in [6.45, 7) is 10.1. The summed E-state index contributed by atoms with van der Waals surface area (Å²) in [5.41, 5.74) is 1.88. The summed E-state index contributed by atoms with van der Waals surface area (Å²) < 4.78 is 12.4. The van der Waals surface area contributed by atoms with Crippen LogP contribution in [-0.4, -0.2) is 59.2 Å². The van der Waals surface area contributed by atoms with Crippen molar-refractivity contribution in [3.8, 4) is 28.4 Å². The van der Waals surface area contributed by atoms with Crippen LogP contribution in [0.25, 0.3) is 16.9 Å². The van der Waals surface area contributed by atoms with Crippen LogP contribution in [0.2, 0.25) is 0 Å². The first-order valence-corrected chi connectivity index (χ1v) is 12.2. The van der Waals surface area contributed by atoms with Gasteiger partial charge in [-0.2, -0.15) is 0 Å². The molecule has 1 aromatic heterocycles. The van der Waals surface area contributed by atoms with Gasteiger partial charge in [0.15, 0.2) is 0 Å². The summed E-state index contributed by atoms with van der Waals surface area (Å²) in [5, 5.41) is 5.85. The molecule has 0 atom stereocenters. The standard InChI is InChI=1S/C28H37N5O4/c1-19(2)16-32(27(35)31-28(3,4)5)18-25(34)30-26-29-24(20-9-8-10-23(15-20)37-7)17-33(26)21-11-13-22(36-6)14-12-21/h8-15,17,19H,16,18H2,1-7H3,(H,31,35)(H,29,30,34). The lowest BCUT2D eigenvalue weighted by atomic mass is 10.1. The normalized spacial score (nSPS) is 11.2. The summed E-state index contributed by atoms with van der Waals surface area (Å²) in [7, 11) is 3.22. The van der Waals surface area contributed by atoms with Gasteiger partial charge in [0, 0.05) is 29.5 Å². The van der Waals surface area contributed by atoms with Crippen LogP contribution in [0, 0.1) is 5.92 Å². The van der Waals surface area contributed by atoms with Gasteiger partial charge in [-0.25, -0.2) is 9.78 Å². The van der Waals surface area contributed by atoms with E-state index >= 15 is 0 Å². The van der Waals surface area contributed by atoms with E-state index in [1.165, 1.54) is 4.90 Å². The van der Waals surface area contributed by atoms with E-state index in [1.807, 2.05) is 89.3 Å². The first-order valence-electron chi connectivity index (χ1n) is 12.2. The molecule has 0 unspecified atom stereocenters. The number of amides is 3. The molecule has 0 aliphatic heterocycles. The average Bonchev–Trinajstić information content (AvgIpc) is 3.26. The zero-order valence-electron chi connectivity index (χ0n) is 22.7. The number of benzene rings is 2. The average molecular weight is 508 g/mol. The number of carbonyl (C=O) groups excluding carboxylic acids is 2. The van der Waals surface area contributed by atoms with Gasteiger partial charge in [-0.15, -0.1) is 0 Å². The van der Waals surface area contributed by atoms with Crippen LogP contribution in [0.4, 0.5) is 10.7 Å². The molecule has 0 aliphatic carbocycles. The minimum absolute atomic E-state index is 0.107. The molecule has 0 saturated heterocycles. The fraction of sp³-hybridized carbons (Fsp3) is 0.393. The summed E-state index contributed by atoms with van der Waals surface area (Å²) in [4.78, 5) is 32.3. The predicted octanol–water partition coefficient (Wildman–Crippen LogP) is 4.96. The molecule has 2 aromatic carbocycles. The maximum atomic E-state index is 13.2. The maximum absolute atomic E-state index is 13.2. The molecule has 0 saturated carbocycles. The third-order valence-corrected chi connectivity index (χ3v) is 5.36. The van der Waals surface area contributed by atoms with Crippen molar-refractivity contribution < 1.29 is 19.1 Å². The molecule has 3 amide bonds. The van der Waals surface area contributed by atoms with Crippen molar-refractivity contribution in [2.45, 2.75) is 40.2 Å². The second-order valence-corrected chi connectivity index (χ2v) is 10.3. The van der Waals surface area contributed by atoms with Crippen molar-refractivity contribution in [3.63, 3.8) is 0 Å². The molecule has 37 heavy (non-hydrogen) atoms. The summed E-state index contributed by atoms with van der Waals surface area (Å²) in [6.07, 6.45) is 1.85. The third-order valence-electron chi connectivity index (χ3n) is 5.36. The number of ether oxygens (including phenoxy) is 2. The molecule has 0 spiro atoms. The highest BCUT2D eigenvalue weighted by Crippen LogP contribution is 2.27. The number of hydrogen-bond acceptors (Lipinski definition) is 5. The number of rotatable bonds is 9. The number of methoxy groups -OCH3 is 2. The van der Waals surface area contributed by atoms with E-state index in [2.05, 4.69) is 10.6 Å². The van der Waals surface area contributed by atoms with Crippen LogP contribution in [-0.2, 0) is 4.79 Å². The van der Waals surface area contributed by atoms with Crippen LogP contribution < -0.4 is 20.1 Å². The largest absolute Gasteiger partial charge is 0.497 e. The van der Waals surface area contributed by atoms with Gasteiger partial charge in [0.05, 0.1) is 19.9 Å². The minimum Gasteiger partial charge on any atom is -0.497 e. The molecular weight excluding hydrogens is 470 g/mol. The number of nitrogens with zero attached hydrogens (tertiary/aromatic N) is 3. The second kappa shape index (κ2) is 11.8. The Morgan fingerprint density at radius 1 is 1.03 bits per heavy atom. The number of imidazole rings is 1. The van der Waals surface area contributed by atoms with E-state index in [-0.39, 0.29) is 24.4 Å². The number of nitrogens with one attached hydrogen (secondary N) is 2.